The second kappa shape index (κ2) is 7.47. The van der Waals surface area contributed by atoms with Crippen LogP contribution in [-0.4, -0.2) is 29.2 Å². The summed E-state index contributed by atoms with van der Waals surface area (Å²) in [6.45, 7) is 4.65. The Bertz CT molecular complexity index is 1680. The molecule has 0 bridgehead atoms. The monoisotopic (exact) mass is 444 g/mol. The molecule has 3 aromatic heterocycles. The number of hydrogen-bond donors (Lipinski definition) is 1. The standard InChI is InChI=1S/C24H24N6O3/c1-5-29-18-9-7-6-8-16(18)17-12-15(10-11-19(17)29)26-22(31)14(2)30-13-25-21-20(30)23(32)28(4)24(33)27(21)3/h6-14H,5H2,1-4H3,(H,26,31). The molecule has 33 heavy (non-hydrogen) atoms. The van der Waals surface area contributed by atoms with E-state index in [0.29, 0.717) is 5.69 Å². The third kappa shape index (κ3) is 3.00. The normalized spacial score (nSPS) is 12.6. The van der Waals surface area contributed by atoms with Gasteiger partial charge >= 0.3 is 5.69 Å². The second-order valence-electron chi connectivity index (χ2n) is 8.19. The molecule has 0 radical (unpaired) electrons. The molecule has 2 aromatic carbocycles. The molecule has 0 saturated heterocycles. The summed E-state index contributed by atoms with van der Waals surface area (Å²) in [6, 6.07) is 13.4. The highest BCUT2D eigenvalue weighted by Crippen LogP contribution is 2.31. The number of anilines is 1. The lowest BCUT2D eigenvalue weighted by atomic mass is 10.1. The van der Waals surface area contributed by atoms with E-state index < -0.39 is 17.3 Å². The number of carbonyl (C=O) groups is 1. The quantitative estimate of drug-likeness (QED) is 0.461. The third-order valence-corrected chi connectivity index (χ3v) is 6.33. The molecule has 5 aromatic rings. The van der Waals surface area contributed by atoms with Gasteiger partial charge in [0.2, 0.25) is 5.91 Å². The fraction of sp³-hybridized carbons (Fsp3) is 0.250. The molecule has 9 heteroatoms. The minimum atomic E-state index is -0.715. The van der Waals surface area contributed by atoms with Gasteiger partial charge in [-0.2, -0.15) is 0 Å². The lowest BCUT2D eigenvalue weighted by Crippen LogP contribution is -2.38. The maximum absolute atomic E-state index is 13.1. The van der Waals surface area contributed by atoms with Crippen molar-refractivity contribution in [3.8, 4) is 0 Å². The second-order valence-corrected chi connectivity index (χ2v) is 8.19. The molecule has 3 heterocycles. The molecule has 5 rings (SSSR count). The van der Waals surface area contributed by atoms with Crippen molar-refractivity contribution in [2.75, 3.05) is 5.32 Å². The van der Waals surface area contributed by atoms with Crippen molar-refractivity contribution < 1.29 is 4.79 Å². The van der Waals surface area contributed by atoms with Crippen LogP contribution >= 0.6 is 0 Å². The van der Waals surface area contributed by atoms with E-state index in [9.17, 15) is 14.4 Å². The molecule has 0 aliphatic rings. The topological polar surface area (TPSA) is 95.8 Å². The molecule has 0 saturated carbocycles. The highest BCUT2D eigenvalue weighted by Gasteiger charge is 2.22. The molecular weight excluding hydrogens is 420 g/mol. The molecule has 168 valence electrons. The molecule has 0 spiro atoms. The number of nitrogens with zero attached hydrogens (tertiary/aromatic N) is 5. The van der Waals surface area contributed by atoms with Crippen molar-refractivity contribution >= 4 is 44.6 Å². The van der Waals surface area contributed by atoms with Crippen LogP contribution in [0.4, 0.5) is 5.69 Å². The average molecular weight is 444 g/mol. The van der Waals surface area contributed by atoms with Crippen molar-refractivity contribution in [1.82, 2.24) is 23.3 Å². The number of aryl methyl sites for hydroxylation is 2. The van der Waals surface area contributed by atoms with Gasteiger partial charge in [0.1, 0.15) is 6.04 Å². The lowest BCUT2D eigenvalue weighted by molar-refractivity contribution is -0.118. The van der Waals surface area contributed by atoms with Crippen LogP contribution in [-0.2, 0) is 25.4 Å². The maximum Gasteiger partial charge on any atom is 0.332 e. The zero-order valence-corrected chi connectivity index (χ0v) is 18.9. The van der Waals surface area contributed by atoms with Crippen LogP contribution in [0.15, 0.2) is 58.4 Å². The minimum Gasteiger partial charge on any atom is -0.341 e. The number of imidazole rings is 1. The largest absolute Gasteiger partial charge is 0.341 e. The Morgan fingerprint density at radius 3 is 2.52 bits per heavy atom. The van der Waals surface area contributed by atoms with E-state index in [0.717, 1.165) is 32.9 Å². The number of rotatable bonds is 4. The summed E-state index contributed by atoms with van der Waals surface area (Å²) in [4.78, 5) is 42.2. The number of hydrogen-bond acceptors (Lipinski definition) is 4. The van der Waals surface area contributed by atoms with Crippen molar-refractivity contribution in [3.63, 3.8) is 0 Å². The summed E-state index contributed by atoms with van der Waals surface area (Å²) in [7, 11) is 2.96. The molecular formula is C24H24N6O3. The Morgan fingerprint density at radius 2 is 1.76 bits per heavy atom. The van der Waals surface area contributed by atoms with Crippen molar-refractivity contribution in [2.45, 2.75) is 26.4 Å². The number of aromatic nitrogens is 5. The van der Waals surface area contributed by atoms with E-state index in [1.807, 2.05) is 30.3 Å². The maximum atomic E-state index is 13.1. The third-order valence-electron chi connectivity index (χ3n) is 6.33. The summed E-state index contributed by atoms with van der Waals surface area (Å²) in [5, 5.41) is 5.16. The van der Waals surface area contributed by atoms with Crippen LogP contribution in [0.25, 0.3) is 33.0 Å². The van der Waals surface area contributed by atoms with E-state index in [1.54, 1.807) is 14.0 Å². The first-order valence-corrected chi connectivity index (χ1v) is 10.8. The first kappa shape index (κ1) is 20.7. The molecule has 1 atom stereocenters. The minimum absolute atomic E-state index is 0.212. The predicted molar refractivity (Wildman–Crippen MR) is 129 cm³/mol. The van der Waals surface area contributed by atoms with Crippen LogP contribution in [0.3, 0.4) is 0 Å². The summed E-state index contributed by atoms with van der Waals surface area (Å²) in [5.41, 5.74) is 2.43. The number of nitrogens with one attached hydrogen (secondary N) is 1. The molecule has 0 fully saturated rings. The Morgan fingerprint density at radius 1 is 1.03 bits per heavy atom. The van der Waals surface area contributed by atoms with E-state index in [1.165, 1.54) is 22.5 Å². The van der Waals surface area contributed by atoms with Crippen molar-refractivity contribution in [2.24, 2.45) is 14.1 Å². The van der Waals surface area contributed by atoms with Crippen LogP contribution < -0.4 is 16.6 Å². The molecule has 0 aliphatic heterocycles. The Kier molecular flexibility index (Phi) is 4.70. The number of para-hydroxylation sites is 1. The van der Waals surface area contributed by atoms with Crippen LogP contribution in [0.1, 0.15) is 19.9 Å². The van der Waals surface area contributed by atoms with Crippen molar-refractivity contribution in [1.29, 1.82) is 0 Å². The van der Waals surface area contributed by atoms with E-state index in [-0.39, 0.29) is 17.1 Å². The average Bonchev–Trinajstić information content (AvgIpc) is 3.40. The van der Waals surface area contributed by atoms with Crippen LogP contribution in [0.5, 0.6) is 0 Å². The fourth-order valence-electron chi connectivity index (χ4n) is 4.50. The first-order valence-electron chi connectivity index (χ1n) is 10.8. The Labute approximate surface area is 188 Å². The van der Waals surface area contributed by atoms with Gasteiger partial charge in [0.15, 0.2) is 11.2 Å². The lowest BCUT2D eigenvalue weighted by Gasteiger charge is -2.15. The summed E-state index contributed by atoms with van der Waals surface area (Å²) < 4.78 is 6.07. The van der Waals surface area contributed by atoms with Gasteiger partial charge in [0.05, 0.1) is 6.33 Å². The van der Waals surface area contributed by atoms with Gasteiger partial charge in [-0.05, 0) is 38.1 Å². The summed E-state index contributed by atoms with van der Waals surface area (Å²) in [6.07, 6.45) is 1.42. The highest BCUT2D eigenvalue weighted by atomic mass is 16.2. The van der Waals surface area contributed by atoms with Gasteiger partial charge < -0.3 is 14.5 Å². The van der Waals surface area contributed by atoms with E-state index >= 15 is 0 Å². The SMILES string of the molecule is CCn1c2ccccc2c2cc(NC(=O)C(C)n3cnc4c3c(=O)n(C)c(=O)n4C)ccc21. The van der Waals surface area contributed by atoms with Crippen molar-refractivity contribution in [3.05, 3.63) is 69.6 Å². The van der Waals surface area contributed by atoms with E-state index in [4.69, 9.17) is 0 Å². The van der Waals surface area contributed by atoms with Crippen LogP contribution in [0.2, 0.25) is 0 Å². The number of carbonyl (C=O) groups excluding carboxylic acids is 1. The van der Waals surface area contributed by atoms with Gasteiger partial charge in [-0.3, -0.25) is 18.7 Å². The number of benzene rings is 2. The molecule has 0 aliphatic carbocycles. The van der Waals surface area contributed by atoms with Gasteiger partial charge in [-0.25, -0.2) is 9.78 Å². The summed E-state index contributed by atoms with van der Waals surface area (Å²) >= 11 is 0. The number of fused-ring (bicyclic) bond motifs is 4. The molecule has 1 N–H and O–H groups in total. The van der Waals surface area contributed by atoms with Gasteiger partial charge in [0, 0.05) is 48.1 Å². The smallest absolute Gasteiger partial charge is 0.332 e. The van der Waals surface area contributed by atoms with Gasteiger partial charge in [-0.15, -0.1) is 0 Å². The predicted octanol–water partition coefficient (Wildman–Crippen LogP) is 2.76. The highest BCUT2D eigenvalue weighted by molar-refractivity contribution is 6.10. The van der Waals surface area contributed by atoms with Crippen LogP contribution in [0, 0.1) is 0 Å². The Hall–Kier alpha value is -4.14. The van der Waals surface area contributed by atoms with E-state index in [2.05, 4.69) is 33.9 Å². The zero-order chi connectivity index (χ0) is 23.4. The molecule has 9 nitrogen and oxygen atoms in total. The zero-order valence-electron chi connectivity index (χ0n) is 18.9. The fourth-order valence-corrected chi connectivity index (χ4v) is 4.50. The molecule has 1 amide bonds. The first-order chi connectivity index (χ1) is 15.8. The summed E-state index contributed by atoms with van der Waals surface area (Å²) in [5.74, 6) is -0.288. The Balaban J connectivity index is 1.53. The van der Waals surface area contributed by atoms with Gasteiger partial charge in [-0.1, -0.05) is 18.2 Å². The van der Waals surface area contributed by atoms with Gasteiger partial charge in [0.25, 0.3) is 5.56 Å². The number of amides is 1. The molecule has 1 unspecified atom stereocenters.